The van der Waals surface area contributed by atoms with Crippen molar-refractivity contribution >= 4 is 11.9 Å². The second-order valence-corrected chi connectivity index (χ2v) is 7.80. The molecule has 3 atom stereocenters. The molecule has 2 N–H and O–H groups in total. The van der Waals surface area contributed by atoms with Gasteiger partial charge in [0, 0.05) is 32.1 Å². The number of likely N-dealkylation sites (tertiary alicyclic amines) is 1. The van der Waals surface area contributed by atoms with Crippen LogP contribution < -0.4 is 10.6 Å². The Morgan fingerprint density at radius 1 is 1.32 bits per heavy atom. The van der Waals surface area contributed by atoms with E-state index < -0.39 is 0 Å². The molecule has 1 spiro atoms. The Morgan fingerprint density at radius 2 is 2.16 bits per heavy atom. The van der Waals surface area contributed by atoms with Crippen LogP contribution in [-0.2, 0) is 16.6 Å². The zero-order valence-electron chi connectivity index (χ0n) is 14.9. The molecule has 2 aliphatic carbocycles. The number of nitrogens with one attached hydrogen (secondary N) is 2. The van der Waals surface area contributed by atoms with E-state index >= 15 is 0 Å². The third-order valence-corrected chi connectivity index (χ3v) is 6.45. The lowest BCUT2D eigenvalue weighted by atomic mass is 9.95. The molecule has 0 radical (unpaired) electrons. The van der Waals surface area contributed by atoms with E-state index in [1.807, 2.05) is 0 Å². The van der Waals surface area contributed by atoms with Crippen LogP contribution in [0.1, 0.15) is 36.8 Å². The molecule has 2 fully saturated rings. The number of nitrogens with zero attached hydrogens (tertiary/aromatic N) is 1. The second kappa shape index (κ2) is 6.36. The summed E-state index contributed by atoms with van der Waals surface area (Å²) in [7, 11) is 1.66. The molecule has 1 saturated carbocycles. The van der Waals surface area contributed by atoms with Gasteiger partial charge in [0.15, 0.2) is 0 Å². The molecule has 1 aromatic rings. The summed E-state index contributed by atoms with van der Waals surface area (Å²) in [4.78, 5) is 26.2. The topological polar surface area (TPSA) is 61.4 Å². The highest BCUT2D eigenvalue weighted by molar-refractivity contribution is 5.80. The molecular weight excluding hydrogens is 314 g/mol. The van der Waals surface area contributed by atoms with Crippen LogP contribution in [0.2, 0.25) is 0 Å². The highest BCUT2D eigenvalue weighted by atomic mass is 16.2. The van der Waals surface area contributed by atoms with Gasteiger partial charge in [-0.2, -0.15) is 0 Å². The van der Waals surface area contributed by atoms with Gasteiger partial charge < -0.3 is 15.5 Å². The van der Waals surface area contributed by atoms with Crippen molar-refractivity contribution in [1.29, 1.82) is 0 Å². The second-order valence-electron chi connectivity index (χ2n) is 7.80. The molecule has 0 bridgehead atoms. The van der Waals surface area contributed by atoms with E-state index in [-0.39, 0.29) is 17.9 Å². The number of benzene rings is 1. The summed E-state index contributed by atoms with van der Waals surface area (Å²) in [5.41, 5.74) is 3.31. The van der Waals surface area contributed by atoms with E-state index in [0.29, 0.717) is 17.9 Å². The number of hydrogen-bond donors (Lipinski definition) is 2. The Morgan fingerprint density at radius 3 is 3.00 bits per heavy atom. The lowest BCUT2D eigenvalue weighted by Gasteiger charge is -2.32. The van der Waals surface area contributed by atoms with Crippen molar-refractivity contribution in [3.8, 4) is 0 Å². The molecular formula is C20H27N3O2. The largest absolute Gasteiger partial charge is 0.359 e. The molecule has 134 valence electrons. The van der Waals surface area contributed by atoms with Crippen molar-refractivity contribution in [3.63, 3.8) is 0 Å². The Labute approximate surface area is 149 Å². The van der Waals surface area contributed by atoms with Crippen molar-refractivity contribution in [2.45, 2.75) is 37.5 Å². The lowest BCUT2D eigenvalue weighted by molar-refractivity contribution is -0.125. The smallest absolute Gasteiger partial charge is 0.317 e. The zero-order valence-corrected chi connectivity index (χ0v) is 14.9. The van der Waals surface area contributed by atoms with Gasteiger partial charge in [0.25, 0.3) is 0 Å². The summed E-state index contributed by atoms with van der Waals surface area (Å²) in [5.74, 6) is 0.527. The maximum Gasteiger partial charge on any atom is 0.317 e. The summed E-state index contributed by atoms with van der Waals surface area (Å²) >= 11 is 0. The fourth-order valence-electron chi connectivity index (χ4n) is 4.90. The Balaban J connectivity index is 1.31. The lowest BCUT2D eigenvalue weighted by Crippen LogP contribution is -2.49. The number of piperidine rings is 1. The molecule has 5 heteroatoms. The maximum absolute atomic E-state index is 12.5. The fraction of sp³-hybridized carbons (Fsp3) is 0.600. The summed E-state index contributed by atoms with van der Waals surface area (Å²) in [5, 5.41) is 5.83. The molecule has 4 rings (SSSR count). The Hall–Kier alpha value is -2.04. The first-order valence-corrected chi connectivity index (χ1v) is 9.47. The van der Waals surface area contributed by atoms with Crippen molar-refractivity contribution in [3.05, 3.63) is 35.4 Å². The van der Waals surface area contributed by atoms with Crippen LogP contribution in [0.15, 0.2) is 24.3 Å². The van der Waals surface area contributed by atoms with Gasteiger partial charge in [-0.25, -0.2) is 4.79 Å². The summed E-state index contributed by atoms with van der Waals surface area (Å²) in [6, 6.07) is 8.75. The average Bonchev–Trinajstić information content (AvgIpc) is 3.25. The van der Waals surface area contributed by atoms with Crippen LogP contribution in [0.4, 0.5) is 4.79 Å². The minimum absolute atomic E-state index is 0.0121. The van der Waals surface area contributed by atoms with Gasteiger partial charge >= 0.3 is 6.03 Å². The van der Waals surface area contributed by atoms with Crippen molar-refractivity contribution in [2.24, 2.45) is 11.8 Å². The van der Waals surface area contributed by atoms with Gasteiger partial charge in [-0.05, 0) is 49.1 Å². The highest BCUT2D eigenvalue weighted by Crippen LogP contribution is 2.61. The van der Waals surface area contributed by atoms with Crippen molar-refractivity contribution in [2.75, 3.05) is 26.7 Å². The molecule has 25 heavy (non-hydrogen) atoms. The van der Waals surface area contributed by atoms with Gasteiger partial charge in [0.2, 0.25) is 5.91 Å². The minimum atomic E-state index is -0.0709. The predicted molar refractivity (Wildman–Crippen MR) is 96.3 cm³/mol. The number of carbonyl (C=O) groups excluding carboxylic acids is 2. The SMILES string of the molecule is CNC(=O)[C@@H]1CCCN(C(=O)NC[C@@H]2C[C@]23CCc2ccccc23)C1. The molecule has 1 aromatic carbocycles. The van der Waals surface area contributed by atoms with E-state index in [1.54, 1.807) is 11.9 Å². The van der Waals surface area contributed by atoms with Gasteiger partial charge in [0.05, 0.1) is 5.92 Å². The van der Waals surface area contributed by atoms with E-state index in [2.05, 4.69) is 34.9 Å². The van der Waals surface area contributed by atoms with Gasteiger partial charge in [-0.15, -0.1) is 0 Å². The zero-order chi connectivity index (χ0) is 17.4. The van der Waals surface area contributed by atoms with Crippen LogP contribution in [0.5, 0.6) is 0 Å². The maximum atomic E-state index is 12.5. The number of hydrogen-bond acceptors (Lipinski definition) is 2. The van der Waals surface area contributed by atoms with Crippen LogP contribution in [0.3, 0.4) is 0 Å². The molecule has 1 saturated heterocycles. The van der Waals surface area contributed by atoms with Crippen molar-refractivity contribution in [1.82, 2.24) is 15.5 Å². The summed E-state index contributed by atoms with van der Waals surface area (Å²) in [6.07, 6.45) is 5.33. The van der Waals surface area contributed by atoms with E-state index in [1.165, 1.54) is 30.4 Å². The first-order chi connectivity index (χ1) is 12.1. The van der Waals surface area contributed by atoms with Crippen molar-refractivity contribution < 1.29 is 9.59 Å². The molecule has 0 aromatic heterocycles. The molecule has 1 aliphatic heterocycles. The number of amides is 3. The van der Waals surface area contributed by atoms with Gasteiger partial charge in [-0.3, -0.25) is 4.79 Å². The average molecular weight is 341 g/mol. The Kier molecular flexibility index (Phi) is 4.18. The summed E-state index contributed by atoms with van der Waals surface area (Å²) in [6.45, 7) is 2.02. The van der Waals surface area contributed by atoms with Crippen LogP contribution in [0, 0.1) is 11.8 Å². The quantitative estimate of drug-likeness (QED) is 0.884. The van der Waals surface area contributed by atoms with Gasteiger partial charge in [0.1, 0.15) is 0 Å². The molecule has 3 amide bonds. The van der Waals surface area contributed by atoms with E-state index in [9.17, 15) is 9.59 Å². The van der Waals surface area contributed by atoms with E-state index in [4.69, 9.17) is 0 Å². The number of rotatable bonds is 3. The predicted octanol–water partition coefficient (Wildman–Crippen LogP) is 2.06. The molecule has 3 aliphatic rings. The molecule has 1 heterocycles. The Bertz CT molecular complexity index is 689. The highest BCUT2D eigenvalue weighted by Gasteiger charge is 2.57. The van der Waals surface area contributed by atoms with E-state index in [0.717, 1.165) is 25.9 Å². The standard InChI is InChI=1S/C20H27N3O2/c1-21-18(24)15-6-4-10-23(13-15)19(25)22-12-16-11-20(16)9-8-14-5-2-3-7-17(14)20/h2-3,5,7,15-16H,4,6,8-13H2,1H3,(H,21,24)(H,22,25)/t15-,16+,20-/m1/s1. The first kappa shape index (κ1) is 16.4. The summed E-state index contributed by atoms with van der Waals surface area (Å²) < 4.78 is 0. The molecule has 5 nitrogen and oxygen atoms in total. The number of carbonyl (C=O) groups is 2. The number of fused-ring (bicyclic) bond motifs is 2. The minimum Gasteiger partial charge on any atom is -0.359 e. The van der Waals surface area contributed by atoms with Crippen LogP contribution in [-0.4, -0.2) is 43.5 Å². The van der Waals surface area contributed by atoms with Crippen LogP contribution >= 0.6 is 0 Å². The van der Waals surface area contributed by atoms with Gasteiger partial charge in [-0.1, -0.05) is 24.3 Å². The number of aryl methyl sites for hydroxylation is 1. The normalized spacial score (nSPS) is 30.0. The van der Waals surface area contributed by atoms with Crippen LogP contribution in [0.25, 0.3) is 0 Å². The number of urea groups is 1. The fourth-order valence-corrected chi connectivity index (χ4v) is 4.90. The first-order valence-electron chi connectivity index (χ1n) is 9.47. The molecule has 0 unspecified atom stereocenters. The third kappa shape index (κ3) is 2.90. The monoisotopic (exact) mass is 341 g/mol. The third-order valence-electron chi connectivity index (χ3n) is 6.45.